The number of likely N-dealkylation sites (tertiary alicyclic amines) is 1. The van der Waals surface area contributed by atoms with Crippen LogP contribution in [0, 0.1) is 0 Å². The molecule has 0 saturated carbocycles. The third kappa shape index (κ3) is 5.47. The molecule has 1 aliphatic rings. The molecule has 1 aromatic carbocycles. The van der Waals surface area contributed by atoms with Gasteiger partial charge in [-0.3, -0.25) is 4.90 Å². The van der Waals surface area contributed by atoms with Gasteiger partial charge in [0.05, 0.1) is 12.8 Å². The Labute approximate surface area is 169 Å². The molecule has 0 amide bonds. The van der Waals surface area contributed by atoms with Crippen molar-refractivity contribution in [3.8, 4) is 22.8 Å². The van der Waals surface area contributed by atoms with E-state index < -0.39 is 0 Å². The number of ether oxygens (including phenoxy) is 2. The summed E-state index contributed by atoms with van der Waals surface area (Å²) in [7, 11) is 1.62. The first-order valence-electron chi connectivity index (χ1n) is 8.68. The molecule has 9 heteroatoms. The van der Waals surface area contributed by atoms with Crippen molar-refractivity contribution in [2.24, 2.45) is 10.9 Å². The van der Waals surface area contributed by atoms with Crippen LogP contribution in [0.25, 0.3) is 11.3 Å². The lowest BCUT2D eigenvalue weighted by atomic mass is 10.1. The minimum Gasteiger partial charge on any atom is -0.493 e. The van der Waals surface area contributed by atoms with Gasteiger partial charge in [0.2, 0.25) is 0 Å². The van der Waals surface area contributed by atoms with Gasteiger partial charge in [-0.15, -0.1) is 23.7 Å². The molecule has 3 N–H and O–H groups in total. The van der Waals surface area contributed by atoms with E-state index in [1.54, 1.807) is 7.11 Å². The van der Waals surface area contributed by atoms with Crippen molar-refractivity contribution in [1.82, 2.24) is 9.88 Å². The Morgan fingerprint density at radius 3 is 2.78 bits per heavy atom. The monoisotopic (exact) mass is 412 g/mol. The van der Waals surface area contributed by atoms with Gasteiger partial charge < -0.3 is 20.4 Å². The topological polar surface area (TPSA) is 93.2 Å². The zero-order chi connectivity index (χ0) is 18.4. The summed E-state index contributed by atoms with van der Waals surface area (Å²) < 4.78 is 11.4. The third-order valence-electron chi connectivity index (χ3n) is 4.40. The fourth-order valence-corrected chi connectivity index (χ4v) is 3.71. The van der Waals surface area contributed by atoms with Crippen LogP contribution in [0.1, 0.15) is 24.3 Å². The number of benzene rings is 1. The second-order valence-corrected chi connectivity index (χ2v) is 7.00. The van der Waals surface area contributed by atoms with Crippen molar-refractivity contribution in [2.75, 3.05) is 33.4 Å². The van der Waals surface area contributed by atoms with E-state index in [1.165, 1.54) is 30.6 Å². The molecule has 148 valence electrons. The van der Waals surface area contributed by atoms with Gasteiger partial charge in [0.1, 0.15) is 6.61 Å². The average Bonchev–Trinajstić information content (AvgIpc) is 3.18. The highest BCUT2D eigenvalue weighted by Gasteiger charge is 2.13. The van der Waals surface area contributed by atoms with Crippen molar-refractivity contribution in [2.45, 2.75) is 19.3 Å². The number of hydrogen-bond acceptors (Lipinski definition) is 7. The lowest BCUT2D eigenvalue weighted by molar-refractivity contribution is 0.180. The maximum atomic E-state index is 8.75. The lowest BCUT2D eigenvalue weighted by Crippen LogP contribution is -2.33. The Morgan fingerprint density at radius 1 is 1.30 bits per heavy atom. The van der Waals surface area contributed by atoms with E-state index in [4.69, 9.17) is 20.4 Å². The maximum Gasteiger partial charge on any atom is 0.199 e. The van der Waals surface area contributed by atoms with Gasteiger partial charge in [0, 0.05) is 17.5 Å². The maximum absolute atomic E-state index is 8.75. The number of nitrogens with two attached hydrogens (primary N) is 1. The number of aromatic nitrogens is 1. The second kappa shape index (κ2) is 10.3. The van der Waals surface area contributed by atoms with Crippen LogP contribution >= 0.6 is 23.7 Å². The number of halogens is 1. The van der Waals surface area contributed by atoms with Crippen molar-refractivity contribution in [1.29, 1.82) is 0 Å². The standard InChI is InChI=1S/C18H24N4O3S.ClH/c1-24-16-11-13(14-12-26-18(20-14)17(19)21-23)5-6-15(16)25-10-9-22-7-3-2-4-8-22;/h5-6,11-12,23H,2-4,7-10H2,1H3,(H2,19,21);1H. The van der Waals surface area contributed by atoms with Crippen LogP contribution in [-0.2, 0) is 0 Å². The van der Waals surface area contributed by atoms with Gasteiger partial charge in [-0.25, -0.2) is 4.98 Å². The normalized spacial score (nSPS) is 15.2. The van der Waals surface area contributed by atoms with Crippen LogP contribution in [0.5, 0.6) is 11.5 Å². The molecule has 0 unspecified atom stereocenters. The lowest BCUT2D eigenvalue weighted by Gasteiger charge is -2.26. The zero-order valence-corrected chi connectivity index (χ0v) is 16.9. The summed E-state index contributed by atoms with van der Waals surface area (Å²) in [5.41, 5.74) is 7.21. The Balaban J connectivity index is 0.00000261. The molecule has 27 heavy (non-hydrogen) atoms. The minimum absolute atomic E-state index is 0. The predicted octanol–water partition coefficient (Wildman–Crippen LogP) is 3.20. The van der Waals surface area contributed by atoms with Gasteiger partial charge in [-0.2, -0.15) is 0 Å². The van der Waals surface area contributed by atoms with E-state index in [-0.39, 0.29) is 18.2 Å². The number of thiazole rings is 1. The average molecular weight is 413 g/mol. The molecular weight excluding hydrogens is 388 g/mol. The Kier molecular flexibility index (Phi) is 8.15. The number of hydrogen-bond donors (Lipinski definition) is 2. The number of piperidine rings is 1. The molecule has 1 saturated heterocycles. The largest absolute Gasteiger partial charge is 0.493 e. The van der Waals surface area contributed by atoms with E-state index in [9.17, 15) is 0 Å². The van der Waals surface area contributed by atoms with Crippen molar-refractivity contribution >= 4 is 29.6 Å². The summed E-state index contributed by atoms with van der Waals surface area (Å²) in [6.45, 7) is 3.89. The number of rotatable bonds is 7. The van der Waals surface area contributed by atoms with Crippen LogP contribution in [0.15, 0.2) is 28.7 Å². The van der Waals surface area contributed by atoms with Crippen LogP contribution in [0.2, 0.25) is 0 Å². The fourth-order valence-electron chi connectivity index (χ4n) is 2.98. The summed E-state index contributed by atoms with van der Waals surface area (Å²) in [6.07, 6.45) is 3.89. The van der Waals surface area contributed by atoms with Crippen molar-refractivity contribution in [3.05, 3.63) is 28.6 Å². The smallest absolute Gasteiger partial charge is 0.199 e. The number of amidine groups is 1. The molecule has 1 aromatic heterocycles. The molecule has 0 atom stereocenters. The van der Waals surface area contributed by atoms with E-state index in [1.807, 2.05) is 23.6 Å². The molecule has 7 nitrogen and oxygen atoms in total. The van der Waals surface area contributed by atoms with Gasteiger partial charge in [0.15, 0.2) is 22.3 Å². The SMILES string of the molecule is COc1cc(-c2csc(/C(N)=N\O)n2)ccc1OCCN1CCCCC1.Cl. The summed E-state index contributed by atoms with van der Waals surface area (Å²) in [4.78, 5) is 6.82. The van der Waals surface area contributed by atoms with Gasteiger partial charge in [-0.1, -0.05) is 11.6 Å². The van der Waals surface area contributed by atoms with Crippen LogP contribution < -0.4 is 15.2 Å². The molecule has 3 rings (SSSR count). The first-order chi connectivity index (χ1) is 12.7. The van der Waals surface area contributed by atoms with E-state index in [0.717, 1.165) is 36.6 Å². The molecule has 0 spiro atoms. The molecule has 2 aromatic rings. The predicted molar refractivity (Wildman–Crippen MR) is 110 cm³/mol. The molecule has 0 radical (unpaired) electrons. The highest BCUT2D eigenvalue weighted by molar-refractivity contribution is 7.12. The van der Waals surface area contributed by atoms with Crippen molar-refractivity contribution < 1.29 is 14.7 Å². The molecule has 2 heterocycles. The summed E-state index contributed by atoms with van der Waals surface area (Å²) in [5.74, 6) is 1.39. The van der Waals surface area contributed by atoms with E-state index in [2.05, 4.69) is 15.0 Å². The number of methoxy groups -OCH3 is 1. The van der Waals surface area contributed by atoms with Crippen LogP contribution in [0.3, 0.4) is 0 Å². The summed E-state index contributed by atoms with van der Waals surface area (Å²) in [6, 6.07) is 5.72. The number of oxime groups is 1. The Hall–Kier alpha value is -2.03. The Morgan fingerprint density at radius 2 is 2.07 bits per heavy atom. The Bertz CT molecular complexity index is 763. The van der Waals surface area contributed by atoms with E-state index >= 15 is 0 Å². The minimum atomic E-state index is 0. The van der Waals surface area contributed by atoms with Gasteiger partial charge >= 0.3 is 0 Å². The van der Waals surface area contributed by atoms with E-state index in [0.29, 0.717) is 17.4 Å². The summed E-state index contributed by atoms with van der Waals surface area (Å²) in [5, 5.41) is 14.1. The number of nitrogens with zero attached hydrogens (tertiary/aromatic N) is 3. The first-order valence-corrected chi connectivity index (χ1v) is 9.56. The summed E-state index contributed by atoms with van der Waals surface area (Å²) >= 11 is 1.32. The molecular formula is C18H25ClN4O3S. The molecule has 1 fully saturated rings. The van der Waals surface area contributed by atoms with Gasteiger partial charge in [0.25, 0.3) is 0 Å². The molecule has 0 aliphatic carbocycles. The third-order valence-corrected chi connectivity index (χ3v) is 5.27. The van der Waals surface area contributed by atoms with Crippen LogP contribution in [-0.4, -0.2) is 54.3 Å². The van der Waals surface area contributed by atoms with Crippen molar-refractivity contribution in [3.63, 3.8) is 0 Å². The van der Waals surface area contributed by atoms with Gasteiger partial charge in [-0.05, 0) is 44.1 Å². The molecule has 0 bridgehead atoms. The highest BCUT2D eigenvalue weighted by atomic mass is 35.5. The fraction of sp³-hybridized carbons (Fsp3) is 0.444. The quantitative estimate of drug-likeness (QED) is 0.314. The molecule has 1 aliphatic heterocycles. The van der Waals surface area contributed by atoms with Crippen LogP contribution in [0.4, 0.5) is 0 Å². The second-order valence-electron chi connectivity index (χ2n) is 6.14. The first kappa shape index (κ1) is 21.3. The highest BCUT2D eigenvalue weighted by Crippen LogP contribution is 2.33. The zero-order valence-electron chi connectivity index (χ0n) is 15.3.